The van der Waals surface area contributed by atoms with E-state index in [9.17, 15) is 9.59 Å². The smallest absolute Gasteiger partial charge is 0.278 e. The van der Waals surface area contributed by atoms with Crippen LogP contribution < -0.4 is 0 Å². The van der Waals surface area contributed by atoms with Gasteiger partial charge in [0.1, 0.15) is 5.70 Å². The number of rotatable bonds is 4. The van der Waals surface area contributed by atoms with Gasteiger partial charge in [-0.2, -0.15) is 0 Å². The summed E-state index contributed by atoms with van der Waals surface area (Å²) in [5.41, 5.74) is 4.75. The molecule has 1 fully saturated rings. The number of aryl methyl sites for hydroxylation is 2. The van der Waals surface area contributed by atoms with E-state index in [4.69, 9.17) is 11.6 Å². The Kier molecular flexibility index (Phi) is 5.67. The van der Waals surface area contributed by atoms with Crippen LogP contribution in [0.25, 0.3) is 5.57 Å². The molecule has 4 rings (SSSR count). The van der Waals surface area contributed by atoms with Crippen molar-refractivity contribution in [1.29, 1.82) is 0 Å². The number of carbonyl (C=O) groups excluding carboxylic acids is 2. The lowest BCUT2D eigenvalue weighted by molar-refractivity contribution is -0.138. The molecule has 0 bridgehead atoms. The molecule has 1 saturated heterocycles. The molecule has 2 aromatic carbocycles. The van der Waals surface area contributed by atoms with Crippen molar-refractivity contribution in [2.75, 3.05) is 33.2 Å². The number of benzene rings is 2. The molecule has 2 heterocycles. The lowest BCUT2D eigenvalue weighted by Crippen LogP contribution is -2.46. The molecule has 0 atom stereocenters. The monoisotopic (exact) mass is 423 g/mol. The van der Waals surface area contributed by atoms with Gasteiger partial charge in [0.15, 0.2) is 0 Å². The van der Waals surface area contributed by atoms with Crippen LogP contribution in [-0.2, 0) is 16.1 Å². The Hall–Kier alpha value is -2.63. The Morgan fingerprint density at radius 1 is 0.933 bits per heavy atom. The van der Waals surface area contributed by atoms with E-state index in [0.717, 1.165) is 48.4 Å². The van der Waals surface area contributed by atoms with Gasteiger partial charge in [-0.15, -0.1) is 0 Å². The first-order valence-electron chi connectivity index (χ1n) is 10.2. The highest BCUT2D eigenvalue weighted by atomic mass is 35.5. The topological polar surface area (TPSA) is 43.9 Å². The molecule has 156 valence electrons. The van der Waals surface area contributed by atoms with Crippen molar-refractivity contribution < 1.29 is 9.59 Å². The van der Waals surface area contributed by atoms with Gasteiger partial charge >= 0.3 is 0 Å². The minimum atomic E-state index is -0.249. The van der Waals surface area contributed by atoms with Crippen LogP contribution in [0, 0.1) is 13.8 Å². The molecule has 0 unspecified atom stereocenters. The summed E-state index contributed by atoms with van der Waals surface area (Å²) in [6.07, 6.45) is 0. The van der Waals surface area contributed by atoms with E-state index >= 15 is 0 Å². The average molecular weight is 424 g/mol. The van der Waals surface area contributed by atoms with Gasteiger partial charge in [-0.1, -0.05) is 53.6 Å². The highest BCUT2D eigenvalue weighted by molar-refractivity contribution is 6.36. The molecule has 0 spiro atoms. The molecule has 2 amide bonds. The van der Waals surface area contributed by atoms with E-state index in [1.807, 2.05) is 44.2 Å². The van der Waals surface area contributed by atoms with Crippen LogP contribution >= 0.6 is 11.6 Å². The number of amides is 2. The molecule has 0 N–H and O–H groups in total. The van der Waals surface area contributed by atoms with E-state index in [2.05, 4.69) is 22.9 Å². The van der Waals surface area contributed by atoms with E-state index in [1.54, 1.807) is 6.07 Å². The summed E-state index contributed by atoms with van der Waals surface area (Å²) in [4.78, 5) is 32.7. The minimum absolute atomic E-state index is 0.170. The van der Waals surface area contributed by atoms with Crippen LogP contribution in [0.3, 0.4) is 0 Å². The predicted molar refractivity (Wildman–Crippen MR) is 119 cm³/mol. The second-order valence-electron chi connectivity index (χ2n) is 8.12. The minimum Gasteiger partial charge on any atom is -0.364 e. The Morgan fingerprint density at radius 2 is 1.63 bits per heavy atom. The second kappa shape index (κ2) is 8.25. The zero-order valence-corrected chi connectivity index (χ0v) is 18.4. The number of imide groups is 1. The summed E-state index contributed by atoms with van der Waals surface area (Å²) in [5, 5.41) is 0.555. The first-order valence-corrected chi connectivity index (χ1v) is 10.6. The van der Waals surface area contributed by atoms with E-state index in [0.29, 0.717) is 16.3 Å². The summed E-state index contributed by atoms with van der Waals surface area (Å²) in [6.45, 7) is 7.34. The van der Waals surface area contributed by atoms with Crippen LogP contribution in [0.15, 0.2) is 48.2 Å². The van der Waals surface area contributed by atoms with Crippen molar-refractivity contribution in [3.8, 4) is 0 Å². The molecule has 0 aromatic heterocycles. The van der Waals surface area contributed by atoms with Gasteiger partial charge in [-0.3, -0.25) is 14.5 Å². The maximum atomic E-state index is 13.6. The maximum Gasteiger partial charge on any atom is 0.278 e. The van der Waals surface area contributed by atoms with Gasteiger partial charge in [-0.25, -0.2) is 0 Å². The van der Waals surface area contributed by atoms with Gasteiger partial charge in [0.05, 0.1) is 12.1 Å². The summed E-state index contributed by atoms with van der Waals surface area (Å²) >= 11 is 6.32. The normalized spacial score (nSPS) is 18.0. The Balaban J connectivity index is 1.77. The third-order valence-corrected chi connectivity index (χ3v) is 6.27. The fourth-order valence-electron chi connectivity index (χ4n) is 4.16. The van der Waals surface area contributed by atoms with Crippen molar-refractivity contribution in [3.63, 3.8) is 0 Å². The number of nitrogens with zero attached hydrogens (tertiary/aromatic N) is 3. The molecule has 2 aliphatic heterocycles. The number of hydrogen-bond donors (Lipinski definition) is 0. The molecule has 0 radical (unpaired) electrons. The van der Waals surface area contributed by atoms with Crippen molar-refractivity contribution in [2.45, 2.75) is 20.4 Å². The van der Waals surface area contributed by atoms with Gasteiger partial charge in [-0.05, 0) is 43.7 Å². The van der Waals surface area contributed by atoms with E-state index < -0.39 is 0 Å². The van der Waals surface area contributed by atoms with Gasteiger partial charge in [0.25, 0.3) is 11.8 Å². The molecule has 0 saturated carbocycles. The Morgan fingerprint density at radius 3 is 2.30 bits per heavy atom. The average Bonchev–Trinajstić information content (AvgIpc) is 2.95. The number of piperazine rings is 1. The first-order chi connectivity index (χ1) is 14.4. The van der Waals surface area contributed by atoms with Crippen LogP contribution in [0.4, 0.5) is 0 Å². The molecule has 5 nitrogen and oxygen atoms in total. The summed E-state index contributed by atoms with van der Waals surface area (Å²) in [5.74, 6) is -0.486. The summed E-state index contributed by atoms with van der Waals surface area (Å²) < 4.78 is 0. The lowest BCUT2D eigenvalue weighted by Gasteiger charge is -2.34. The molecule has 6 heteroatoms. The summed E-state index contributed by atoms with van der Waals surface area (Å²) in [7, 11) is 2.07. The van der Waals surface area contributed by atoms with Crippen LogP contribution in [0.1, 0.15) is 22.3 Å². The Bertz CT molecular complexity index is 1040. The molecule has 2 aromatic rings. The van der Waals surface area contributed by atoms with Crippen molar-refractivity contribution in [2.24, 2.45) is 0 Å². The zero-order chi connectivity index (χ0) is 21.4. The maximum absolute atomic E-state index is 13.6. The van der Waals surface area contributed by atoms with Gasteiger partial charge < -0.3 is 9.80 Å². The fourth-order valence-corrected chi connectivity index (χ4v) is 4.36. The molecule has 30 heavy (non-hydrogen) atoms. The molecular formula is C24H26ClN3O2. The number of hydrogen-bond acceptors (Lipinski definition) is 4. The SMILES string of the molecule is Cc1ccc(C2=C(N3CCN(C)CC3)C(=O)N(Cc3ccccc3Cl)C2=O)c(C)c1. The van der Waals surface area contributed by atoms with Crippen LogP contribution in [-0.4, -0.2) is 59.7 Å². The zero-order valence-electron chi connectivity index (χ0n) is 17.6. The van der Waals surface area contributed by atoms with Crippen LogP contribution in [0.2, 0.25) is 5.02 Å². The highest BCUT2D eigenvalue weighted by Gasteiger charge is 2.42. The van der Waals surface area contributed by atoms with Crippen LogP contribution in [0.5, 0.6) is 0 Å². The molecule has 2 aliphatic rings. The van der Waals surface area contributed by atoms with E-state index in [-0.39, 0.29) is 18.4 Å². The highest BCUT2D eigenvalue weighted by Crippen LogP contribution is 2.35. The lowest BCUT2D eigenvalue weighted by atomic mass is 9.97. The third kappa shape index (κ3) is 3.75. The first kappa shape index (κ1) is 20.6. The largest absolute Gasteiger partial charge is 0.364 e. The predicted octanol–water partition coefficient (Wildman–Crippen LogP) is 3.48. The molecular weight excluding hydrogens is 398 g/mol. The Labute approximate surface area is 182 Å². The van der Waals surface area contributed by atoms with Gasteiger partial charge in [0.2, 0.25) is 0 Å². The number of likely N-dealkylation sites (N-methyl/N-ethyl adjacent to an activating group) is 1. The molecule has 0 aliphatic carbocycles. The number of halogens is 1. The van der Waals surface area contributed by atoms with Crippen molar-refractivity contribution in [1.82, 2.24) is 14.7 Å². The van der Waals surface area contributed by atoms with Crippen molar-refractivity contribution >= 4 is 29.0 Å². The van der Waals surface area contributed by atoms with Crippen molar-refractivity contribution in [3.05, 3.63) is 75.4 Å². The van der Waals surface area contributed by atoms with Gasteiger partial charge in [0, 0.05) is 31.2 Å². The van der Waals surface area contributed by atoms with E-state index in [1.165, 1.54) is 4.90 Å². The standard InChI is InChI=1S/C24H26ClN3O2/c1-16-8-9-19(17(2)14-16)21-22(27-12-10-26(3)11-13-27)24(30)28(23(21)29)15-18-6-4-5-7-20(18)25/h4-9,14H,10-13,15H2,1-3H3. The summed E-state index contributed by atoms with van der Waals surface area (Å²) in [6, 6.07) is 13.3. The fraction of sp³-hybridized carbons (Fsp3) is 0.333. The third-order valence-electron chi connectivity index (χ3n) is 5.90. The second-order valence-corrected chi connectivity index (χ2v) is 8.53. The quantitative estimate of drug-likeness (QED) is 0.706. The number of carbonyl (C=O) groups is 2.